The van der Waals surface area contributed by atoms with Crippen LogP contribution in [0.1, 0.15) is 31.9 Å². The Morgan fingerprint density at radius 2 is 1.46 bits per heavy atom. The van der Waals surface area contributed by atoms with E-state index in [0.717, 1.165) is 22.5 Å². The quantitative estimate of drug-likeness (QED) is 0.217. The molecule has 4 aromatic rings. The van der Waals surface area contributed by atoms with Crippen molar-refractivity contribution in [3.05, 3.63) is 120 Å². The summed E-state index contributed by atoms with van der Waals surface area (Å²) in [6.45, 7) is 8.67. The fraction of sp³-hybridized carbons (Fsp3) is 0.257. The van der Waals surface area contributed by atoms with E-state index in [9.17, 15) is 22.0 Å². The Morgan fingerprint density at radius 3 is 2.00 bits per heavy atom. The number of aryl methyl sites for hydroxylation is 1. The number of esters is 1. The van der Waals surface area contributed by atoms with E-state index < -0.39 is 15.6 Å². The third-order valence-corrected chi connectivity index (χ3v) is 9.26. The van der Waals surface area contributed by atoms with E-state index in [1.54, 1.807) is 55.5 Å². The van der Waals surface area contributed by atoms with Crippen LogP contribution in [-0.4, -0.2) is 46.6 Å². The van der Waals surface area contributed by atoms with Gasteiger partial charge in [-0.25, -0.2) is 8.78 Å². The van der Waals surface area contributed by atoms with Gasteiger partial charge in [0, 0.05) is 36.1 Å². The summed E-state index contributed by atoms with van der Waals surface area (Å²) in [4.78, 5) is 16.0. The number of hydrogen-bond donors (Lipinski definition) is 0. The summed E-state index contributed by atoms with van der Waals surface area (Å²) in [5.41, 5.74) is 3.15. The molecule has 2 heterocycles. The van der Waals surface area contributed by atoms with Gasteiger partial charge in [-0.05, 0) is 87.5 Å². The first-order valence-corrected chi connectivity index (χ1v) is 16.4. The fourth-order valence-electron chi connectivity index (χ4n) is 5.91. The zero-order valence-corrected chi connectivity index (χ0v) is 27.0. The van der Waals surface area contributed by atoms with Gasteiger partial charge in [0.1, 0.15) is 17.2 Å². The molecule has 1 spiro atoms. The smallest absolute Gasteiger partial charge is 0.302 e. The highest BCUT2D eigenvalue weighted by Crippen LogP contribution is 2.50. The van der Waals surface area contributed by atoms with Crippen molar-refractivity contribution in [2.45, 2.75) is 38.1 Å². The Bertz CT molecular complexity index is 1830. The van der Waals surface area contributed by atoms with Gasteiger partial charge in [0.15, 0.2) is 5.84 Å². The van der Waals surface area contributed by atoms with E-state index in [-0.39, 0.29) is 22.5 Å². The molecule has 0 aliphatic carbocycles. The van der Waals surface area contributed by atoms with Gasteiger partial charge in [-0.15, -0.1) is 4.40 Å². The molecule has 4 aromatic carbocycles. The van der Waals surface area contributed by atoms with Gasteiger partial charge in [-0.2, -0.15) is 8.42 Å². The number of carbonyl (C=O) groups excluding carboxylic acids is 1. The average Bonchev–Trinajstić information content (AvgIpc) is 3.55. The summed E-state index contributed by atoms with van der Waals surface area (Å²) in [7, 11) is -4.09. The predicted octanol–water partition coefficient (Wildman–Crippen LogP) is 6.65. The van der Waals surface area contributed by atoms with E-state index in [2.05, 4.69) is 18.9 Å². The normalized spacial score (nSPS) is 18.0. The van der Waals surface area contributed by atoms with Crippen molar-refractivity contribution in [3.63, 3.8) is 0 Å². The van der Waals surface area contributed by atoms with Crippen LogP contribution in [0.4, 0.5) is 25.8 Å². The third kappa shape index (κ3) is 6.32. The molecular formula is C35H36F2N4O4S. The molecule has 46 heavy (non-hydrogen) atoms. The summed E-state index contributed by atoms with van der Waals surface area (Å²) in [5.74, 6) is -0.559. The molecule has 240 valence electrons. The second kappa shape index (κ2) is 13.3. The van der Waals surface area contributed by atoms with Gasteiger partial charge in [0.05, 0.1) is 24.7 Å². The van der Waals surface area contributed by atoms with Crippen molar-refractivity contribution < 1.29 is 26.7 Å². The van der Waals surface area contributed by atoms with Gasteiger partial charge >= 0.3 is 5.97 Å². The SMILES string of the molecule is CCN1/C(=N/S(=O)(=O)c2ccc(C)cc2)[C@@]2(CN(c3ccc(F)cc3)CN2c2ccc(F)cc2)c2ccccc21.CCOC(C)=O. The fourth-order valence-corrected chi connectivity index (χ4v) is 6.98. The average molecular weight is 647 g/mol. The Labute approximate surface area is 268 Å². The number of ether oxygens (including phenoxy) is 1. The highest BCUT2D eigenvalue weighted by atomic mass is 32.2. The van der Waals surface area contributed by atoms with Crippen LogP contribution in [0.2, 0.25) is 0 Å². The molecule has 0 bridgehead atoms. The van der Waals surface area contributed by atoms with Crippen LogP contribution >= 0.6 is 0 Å². The van der Waals surface area contributed by atoms with E-state index in [0.29, 0.717) is 37.9 Å². The Kier molecular flexibility index (Phi) is 9.43. The van der Waals surface area contributed by atoms with Crippen LogP contribution in [-0.2, 0) is 25.1 Å². The molecule has 2 aliphatic rings. The van der Waals surface area contributed by atoms with Gasteiger partial charge in [0.2, 0.25) is 0 Å². The molecule has 1 fully saturated rings. The molecule has 6 rings (SSSR count). The van der Waals surface area contributed by atoms with E-state index in [1.165, 1.54) is 31.2 Å². The summed E-state index contributed by atoms with van der Waals surface area (Å²) in [6, 6.07) is 26.8. The maximum Gasteiger partial charge on any atom is 0.302 e. The molecular weight excluding hydrogens is 610 g/mol. The number of para-hydroxylation sites is 1. The summed E-state index contributed by atoms with van der Waals surface area (Å²) in [6.07, 6.45) is 0. The van der Waals surface area contributed by atoms with Crippen LogP contribution < -0.4 is 14.7 Å². The van der Waals surface area contributed by atoms with Gasteiger partial charge in [-0.3, -0.25) is 4.79 Å². The number of halogens is 2. The second-order valence-corrected chi connectivity index (χ2v) is 12.6. The number of amidine groups is 1. The number of anilines is 3. The van der Waals surface area contributed by atoms with Crippen LogP contribution in [0.5, 0.6) is 0 Å². The standard InChI is InChI=1S/C31H28F2N4O2S.C4H8O2/c1-3-36-29-7-5-4-6-28(29)31(30(36)34-40(38,39)27-18-8-22(2)9-19-27)20-35(25-14-10-23(32)11-15-25)21-37(31)26-16-12-24(33)13-17-26;1-3-6-4(2)5/h4-19H,3,20-21H2,1-2H3;3H2,1-2H3/b34-30+;/t31-;/m1./s1. The molecule has 0 radical (unpaired) electrons. The summed E-state index contributed by atoms with van der Waals surface area (Å²) >= 11 is 0. The van der Waals surface area contributed by atoms with Gasteiger partial charge in [-0.1, -0.05) is 35.9 Å². The van der Waals surface area contributed by atoms with Crippen molar-refractivity contribution >= 4 is 38.9 Å². The second-order valence-electron chi connectivity index (χ2n) is 11.0. The summed E-state index contributed by atoms with van der Waals surface area (Å²) in [5, 5.41) is 0. The van der Waals surface area contributed by atoms with E-state index in [4.69, 9.17) is 0 Å². The third-order valence-electron chi connectivity index (χ3n) is 7.98. The first kappa shape index (κ1) is 32.6. The molecule has 0 saturated carbocycles. The van der Waals surface area contributed by atoms with E-state index in [1.807, 2.05) is 43.0 Å². The monoisotopic (exact) mass is 646 g/mol. The predicted molar refractivity (Wildman–Crippen MR) is 177 cm³/mol. The van der Waals surface area contributed by atoms with Crippen LogP contribution in [0, 0.1) is 18.6 Å². The molecule has 0 amide bonds. The number of nitrogens with zero attached hydrogens (tertiary/aromatic N) is 4. The molecule has 2 aliphatic heterocycles. The maximum absolute atomic E-state index is 14.0. The Balaban J connectivity index is 0.000000635. The summed E-state index contributed by atoms with van der Waals surface area (Å²) < 4.78 is 64.4. The lowest BCUT2D eigenvalue weighted by molar-refractivity contribution is -0.140. The van der Waals surface area contributed by atoms with Crippen LogP contribution in [0.3, 0.4) is 0 Å². The molecule has 8 nitrogen and oxygen atoms in total. The number of fused-ring (bicyclic) bond motifs is 2. The zero-order chi connectivity index (χ0) is 33.1. The van der Waals surface area contributed by atoms with Gasteiger partial charge in [0.25, 0.3) is 10.0 Å². The minimum atomic E-state index is -4.09. The highest BCUT2D eigenvalue weighted by molar-refractivity contribution is 7.90. The minimum absolute atomic E-state index is 0.106. The first-order valence-electron chi connectivity index (χ1n) is 15.0. The molecule has 11 heteroatoms. The van der Waals surface area contributed by atoms with Crippen molar-refractivity contribution in [1.82, 2.24) is 0 Å². The van der Waals surface area contributed by atoms with Crippen molar-refractivity contribution in [3.8, 4) is 0 Å². The van der Waals surface area contributed by atoms with E-state index >= 15 is 0 Å². The molecule has 1 atom stereocenters. The highest BCUT2D eigenvalue weighted by Gasteiger charge is 2.58. The zero-order valence-electron chi connectivity index (χ0n) is 26.2. The lowest BCUT2D eigenvalue weighted by atomic mass is 9.89. The van der Waals surface area contributed by atoms with Crippen molar-refractivity contribution in [2.75, 3.05) is 41.1 Å². The van der Waals surface area contributed by atoms with Crippen LogP contribution in [0.15, 0.2) is 106 Å². The molecule has 0 unspecified atom stereocenters. The lowest BCUT2D eigenvalue weighted by Gasteiger charge is -2.36. The number of rotatable bonds is 6. The topological polar surface area (TPSA) is 82.5 Å². The number of hydrogen-bond acceptors (Lipinski definition) is 6. The molecule has 1 saturated heterocycles. The van der Waals surface area contributed by atoms with Crippen LogP contribution in [0.25, 0.3) is 0 Å². The number of likely N-dealkylation sites (N-methyl/N-ethyl adjacent to an activating group) is 1. The molecule has 0 N–H and O–H groups in total. The Hall–Kier alpha value is -4.77. The number of carbonyl (C=O) groups is 1. The minimum Gasteiger partial charge on any atom is -0.466 e. The Morgan fingerprint density at radius 1 is 0.870 bits per heavy atom. The van der Waals surface area contributed by atoms with Crippen molar-refractivity contribution in [2.24, 2.45) is 4.40 Å². The number of sulfonamides is 1. The largest absolute Gasteiger partial charge is 0.466 e. The number of benzene rings is 4. The maximum atomic E-state index is 14.0. The first-order chi connectivity index (χ1) is 22.0. The lowest BCUT2D eigenvalue weighted by Crippen LogP contribution is -2.52. The van der Waals surface area contributed by atoms with Gasteiger partial charge < -0.3 is 19.4 Å². The van der Waals surface area contributed by atoms with Crippen molar-refractivity contribution in [1.29, 1.82) is 0 Å². The molecule has 0 aromatic heterocycles.